The van der Waals surface area contributed by atoms with E-state index in [0.717, 1.165) is 24.8 Å². The quantitative estimate of drug-likeness (QED) is 0.144. The predicted molar refractivity (Wildman–Crippen MR) is 191 cm³/mol. The molecule has 2 heterocycles. The zero-order valence-corrected chi connectivity index (χ0v) is 32.2. The van der Waals surface area contributed by atoms with Crippen LogP contribution in [0.3, 0.4) is 0 Å². The lowest BCUT2D eigenvalue weighted by atomic mass is 9.79. The van der Waals surface area contributed by atoms with E-state index in [1.165, 1.54) is 9.80 Å². The van der Waals surface area contributed by atoms with Crippen molar-refractivity contribution in [3.8, 4) is 0 Å². The fraction of sp³-hybridized carbons (Fsp3) is 0.763. The Morgan fingerprint density at radius 2 is 1.49 bits per heavy atom. The fourth-order valence-corrected chi connectivity index (χ4v) is 7.76. The number of urea groups is 1. The van der Waals surface area contributed by atoms with Gasteiger partial charge < -0.3 is 26.6 Å². The first kappa shape index (κ1) is 40.0. The second-order valence-electron chi connectivity index (χ2n) is 18.9. The van der Waals surface area contributed by atoms with Crippen molar-refractivity contribution in [1.29, 1.82) is 0 Å². The number of carbonyl (C=O) groups excluding carboxylic acids is 7. The van der Waals surface area contributed by atoms with Gasteiger partial charge in [-0.1, -0.05) is 94.6 Å². The Bertz CT molecular complexity index is 1460. The van der Waals surface area contributed by atoms with Gasteiger partial charge in [0.1, 0.15) is 12.1 Å². The molecule has 13 heteroatoms. The number of nitrogens with two attached hydrogens (primary N) is 1. The standard InChI is InChI=1S/C38H60N6O7/c1-35(2,3)25(20-43-26(45)17-37(7,8)18-27(43)46)41-34(51)42-30(36(4,5)6)33(50)44-19-23-22(14-15-38(23,9)10)28(44)32(49)40-24(29(47)31(39)48)16-21-12-11-13-21/h14,21,23-25,28,30H,11-13,15-20H2,1-10H3,(H2,39,48)(H,40,49)(H2,41,42,51)/t23-,24?,25+,28-,30+/m0/s1. The zero-order chi connectivity index (χ0) is 38.4. The van der Waals surface area contributed by atoms with E-state index in [2.05, 4.69) is 29.8 Å². The first-order valence-corrected chi connectivity index (χ1v) is 18.4. The van der Waals surface area contributed by atoms with Crippen LogP contribution in [-0.2, 0) is 28.8 Å². The molecule has 5 N–H and O–H groups in total. The van der Waals surface area contributed by atoms with Gasteiger partial charge in [-0.15, -0.1) is 0 Å². The summed E-state index contributed by atoms with van der Waals surface area (Å²) in [6.45, 7) is 19.3. The molecule has 3 fully saturated rings. The molecule has 0 aromatic rings. The van der Waals surface area contributed by atoms with Crippen LogP contribution in [0.4, 0.5) is 4.79 Å². The number of hydrogen-bond acceptors (Lipinski definition) is 7. The van der Waals surface area contributed by atoms with Crippen molar-refractivity contribution < 1.29 is 33.6 Å². The third-order valence-corrected chi connectivity index (χ3v) is 11.4. The molecular formula is C38H60N6O7. The van der Waals surface area contributed by atoms with Gasteiger partial charge in [-0.05, 0) is 46.0 Å². The molecular weight excluding hydrogens is 652 g/mol. The highest BCUT2D eigenvalue weighted by molar-refractivity contribution is 6.37. The number of rotatable bonds is 11. The van der Waals surface area contributed by atoms with E-state index in [4.69, 9.17) is 5.73 Å². The van der Waals surface area contributed by atoms with Crippen molar-refractivity contribution in [3.05, 3.63) is 11.6 Å². The van der Waals surface area contributed by atoms with Gasteiger partial charge in [0.05, 0.1) is 12.1 Å². The number of likely N-dealkylation sites (tertiary alicyclic amines) is 2. The van der Waals surface area contributed by atoms with Crippen molar-refractivity contribution >= 4 is 41.4 Å². The normalized spacial score (nSPS) is 24.9. The minimum Gasteiger partial charge on any atom is -0.363 e. The van der Waals surface area contributed by atoms with Crippen LogP contribution < -0.4 is 21.7 Å². The van der Waals surface area contributed by atoms with Gasteiger partial charge in [-0.3, -0.25) is 33.7 Å². The Kier molecular flexibility index (Phi) is 11.2. The topological polar surface area (TPSA) is 188 Å². The molecule has 2 aliphatic heterocycles. The molecule has 0 radical (unpaired) electrons. The van der Waals surface area contributed by atoms with Crippen LogP contribution in [-0.4, -0.2) is 88.4 Å². The van der Waals surface area contributed by atoms with Crippen LogP contribution in [0.5, 0.6) is 0 Å². The van der Waals surface area contributed by atoms with Crippen LogP contribution in [0, 0.1) is 33.5 Å². The van der Waals surface area contributed by atoms with Gasteiger partial charge in [-0.25, -0.2) is 4.79 Å². The minimum atomic E-state index is -1.12. The molecule has 13 nitrogen and oxygen atoms in total. The lowest BCUT2D eigenvalue weighted by molar-refractivity contribution is -0.153. The zero-order valence-electron chi connectivity index (χ0n) is 32.2. The monoisotopic (exact) mass is 712 g/mol. The molecule has 0 spiro atoms. The van der Waals surface area contributed by atoms with Gasteiger partial charge >= 0.3 is 6.03 Å². The molecule has 2 saturated heterocycles. The molecule has 0 aromatic heterocycles. The number of nitrogens with zero attached hydrogens (tertiary/aromatic N) is 2. The number of carbonyl (C=O) groups is 7. The molecule has 4 aliphatic rings. The second kappa shape index (κ2) is 14.3. The maximum atomic E-state index is 14.6. The molecule has 2 aliphatic carbocycles. The van der Waals surface area contributed by atoms with Gasteiger partial charge in [0.15, 0.2) is 0 Å². The second-order valence-corrected chi connectivity index (χ2v) is 18.9. The molecule has 0 aromatic carbocycles. The Morgan fingerprint density at radius 3 is 1.98 bits per heavy atom. The van der Waals surface area contributed by atoms with Gasteiger partial charge in [0.25, 0.3) is 5.91 Å². The molecule has 0 bridgehead atoms. The van der Waals surface area contributed by atoms with E-state index >= 15 is 0 Å². The Hall–Kier alpha value is -3.77. The highest BCUT2D eigenvalue weighted by atomic mass is 16.2. The third-order valence-electron chi connectivity index (χ3n) is 11.4. The summed E-state index contributed by atoms with van der Waals surface area (Å²) in [7, 11) is 0. The lowest BCUT2D eigenvalue weighted by Crippen LogP contribution is -2.62. The van der Waals surface area contributed by atoms with Crippen molar-refractivity contribution in [2.24, 2.45) is 39.2 Å². The van der Waals surface area contributed by atoms with Gasteiger partial charge in [0.2, 0.25) is 29.4 Å². The summed E-state index contributed by atoms with van der Waals surface area (Å²) in [5.41, 5.74) is 4.12. The molecule has 284 valence electrons. The number of primary amides is 1. The molecule has 51 heavy (non-hydrogen) atoms. The van der Waals surface area contributed by atoms with E-state index in [1.807, 2.05) is 61.5 Å². The molecule has 4 rings (SSSR count). The first-order valence-electron chi connectivity index (χ1n) is 18.4. The molecule has 1 unspecified atom stereocenters. The van der Waals surface area contributed by atoms with Crippen LogP contribution in [0.25, 0.3) is 0 Å². The van der Waals surface area contributed by atoms with Crippen molar-refractivity contribution in [3.63, 3.8) is 0 Å². The van der Waals surface area contributed by atoms with Crippen molar-refractivity contribution in [2.75, 3.05) is 13.1 Å². The third kappa shape index (κ3) is 9.00. The Labute approximate surface area is 302 Å². The highest BCUT2D eigenvalue weighted by Crippen LogP contribution is 2.49. The smallest absolute Gasteiger partial charge is 0.315 e. The summed E-state index contributed by atoms with van der Waals surface area (Å²) in [5.74, 6) is -3.51. The van der Waals surface area contributed by atoms with E-state index in [9.17, 15) is 33.6 Å². The number of ketones is 1. The van der Waals surface area contributed by atoms with Gasteiger partial charge in [0, 0.05) is 31.8 Å². The number of nitrogens with one attached hydrogen (secondary N) is 3. The fourth-order valence-electron chi connectivity index (χ4n) is 7.76. The highest BCUT2D eigenvalue weighted by Gasteiger charge is 2.54. The molecule has 7 amide bonds. The average Bonchev–Trinajstić information content (AvgIpc) is 3.48. The van der Waals surface area contributed by atoms with E-state index in [-0.39, 0.29) is 55.0 Å². The lowest BCUT2D eigenvalue weighted by Gasteiger charge is -2.40. The van der Waals surface area contributed by atoms with E-state index in [0.29, 0.717) is 12.8 Å². The SMILES string of the molecule is CC1(C)CC(=O)N(C[C@@H](NC(=O)N[C@H](C(=O)N2C[C@H]3C(=CCC3(C)C)[C@H]2C(=O)NC(CC2CCC2)C(=O)C(N)=O)C(C)(C)C)C(C)(C)C)C(=O)C1. The predicted octanol–water partition coefficient (Wildman–Crippen LogP) is 3.20. The largest absolute Gasteiger partial charge is 0.363 e. The number of imide groups is 1. The van der Waals surface area contributed by atoms with Crippen LogP contribution in [0.1, 0.15) is 114 Å². The number of fused-ring (bicyclic) bond motifs is 1. The van der Waals surface area contributed by atoms with Crippen molar-refractivity contribution in [1.82, 2.24) is 25.8 Å². The summed E-state index contributed by atoms with van der Waals surface area (Å²) in [5, 5.41) is 8.61. The molecule has 5 atom stereocenters. The summed E-state index contributed by atoms with van der Waals surface area (Å²) < 4.78 is 0. The first-order chi connectivity index (χ1) is 23.3. The van der Waals surface area contributed by atoms with E-state index < -0.39 is 69.9 Å². The molecule has 1 saturated carbocycles. The van der Waals surface area contributed by atoms with Gasteiger partial charge in [-0.2, -0.15) is 0 Å². The minimum absolute atomic E-state index is 0.00979. The number of amides is 7. The number of hydrogen-bond donors (Lipinski definition) is 4. The van der Waals surface area contributed by atoms with Crippen LogP contribution >= 0.6 is 0 Å². The van der Waals surface area contributed by atoms with E-state index in [1.54, 1.807) is 0 Å². The summed E-state index contributed by atoms with van der Waals surface area (Å²) >= 11 is 0. The Morgan fingerprint density at radius 1 is 0.902 bits per heavy atom. The number of piperidine rings is 1. The van der Waals surface area contributed by atoms with Crippen LogP contribution in [0.15, 0.2) is 11.6 Å². The summed E-state index contributed by atoms with van der Waals surface area (Å²) in [6, 6.07) is -4.48. The Balaban J connectivity index is 1.57. The summed E-state index contributed by atoms with van der Waals surface area (Å²) in [6.07, 6.45) is 6.25. The van der Waals surface area contributed by atoms with Crippen LogP contribution in [0.2, 0.25) is 0 Å². The summed E-state index contributed by atoms with van der Waals surface area (Å²) in [4.78, 5) is 96.0. The van der Waals surface area contributed by atoms with Crippen molar-refractivity contribution in [2.45, 2.75) is 138 Å². The average molecular weight is 713 g/mol. The maximum absolute atomic E-state index is 14.6. The number of Topliss-reactive ketones (excluding diaryl/α,β-unsaturated/α-hetero) is 1. The number of allylic oxidation sites excluding steroid dienone is 1. The maximum Gasteiger partial charge on any atom is 0.315 e.